The van der Waals surface area contributed by atoms with Crippen LogP contribution >= 0.6 is 11.6 Å². The second-order valence-electron chi connectivity index (χ2n) is 7.87. The topological polar surface area (TPSA) is 59.3 Å². The number of benzene rings is 2. The highest BCUT2D eigenvalue weighted by molar-refractivity contribution is 7.90. The van der Waals surface area contributed by atoms with Gasteiger partial charge in [0.25, 0.3) is 0 Å². The molecular weight excluding hydrogens is 394 g/mol. The number of aliphatic hydroxyl groups is 1. The van der Waals surface area contributed by atoms with Gasteiger partial charge in [0, 0.05) is 34.5 Å². The molecule has 148 valence electrons. The Morgan fingerprint density at radius 3 is 2.54 bits per heavy atom. The molecule has 2 atom stereocenters. The van der Waals surface area contributed by atoms with Crippen molar-refractivity contribution in [3.63, 3.8) is 0 Å². The van der Waals surface area contributed by atoms with Crippen molar-refractivity contribution in [3.8, 4) is 0 Å². The van der Waals surface area contributed by atoms with Gasteiger partial charge in [-0.1, -0.05) is 30.7 Å². The second kappa shape index (κ2) is 6.90. The van der Waals surface area contributed by atoms with Crippen molar-refractivity contribution < 1.29 is 13.5 Å². The maximum Gasteiger partial charge on any atom is 0.175 e. The molecule has 28 heavy (non-hydrogen) atoms. The highest BCUT2D eigenvalue weighted by atomic mass is 35.5. The van der Waals surface area contributed by atoms with Crippen LogP contribution < -0.4 is 0 Å². The molecule has 1 N–H and O–H groups in total. The Labute approximate surface area is 170 Å². The van der Waals surface area contributed by atoms with Gasteiger partial charge in [0.2, 0.25) is 0 Å². The van der Waals surface area contributed by atoms with Crippen molar-refractivity contribution in [2.75, 3.05) is 6.26 Å². The first-order valence-corrected chi connectivity index (χ1v) is 11.7. The van der Waals surface area contributed by atoms with Gasteiger partial charge in [0.15, 0.2) is 9.84 Å². The van der Waals surface area contributed by atoms with E-state index in [-0.39, 0.29) is 4.90 Å². The molecule has 1 aliphatic rings. The van der Waals surface area contributed by atoms with Crippen molar-refractivity contribution in [1.82, 2.24) is 4.57 Å². The first-order chi connectivity index (χ1) is 13.2. The van der Waals surface area contributed by atoms with Crippen LogP contribution in [0, 0.1) is 0 Å². The number of fused-ring (bicyclic) bond motifs is 3. The number of sulfone groups is 1. The smallest absolute Gasteiger partial charge is 0.175 e. The van der Waals surface area contributed by atoms with Gasteiger partial charge in [-0.25, -0.2) is 8.42 Å². The van der Waals surface area contributed by atoms with Crippen molar-refractivity contribution >= 4 is 32.3 Å². The van der Waals surface area contributed by atoms with Gasteiger partial charge in [0.1, 0.15) is 0 Å². The summed E-state index contributed by atoms with van der Waals surface area (Å²) in [4.78, 5) is 0.266. The average molecular weight is 418 g/mol. The number of hydrogen-bond acceptors (Lipinski definition) is 3. The first kappa shape index (κ1) is 19.5. The summed E-state index contributed by atoms with van der Waals surface area (Å²) in [5, 5.41) is 12.1. The van der Waals surface area contributed by atoms with Gasteiger partial charge in [-0.3, -0.25) is 0 Å². The number of hydrogen-bond donors (Lipinski definition) is 1. The molecule has 4 nitrogen and oxygen atoms in total. The van der Waals surface area contributed by atoms with Gasteiger partial charge < -0.3 is 9.67 Å². The molecule has 0 aliphatic heterocycles. The minimum absolute atomic E-state index is 0.266. The fourth-order valence-corrected chi connectivity index (χ4v) is 5.17. The number of aromatic nitrogens is 1. The number of rotatable bonds is 4. The molecule has 0 saturated heterocycles. The predicted octanol–water partition coefficient (Wildman–Crippen LogP) is 4.85. The largest absolute Gasteiger partial charge is 0.389 e. The van der Waals surface area contributed by atoms with Crippen LogP contribution in [-0.4, -0.2) is 24.3 Å². The lowest BCUT2D eigenvalue weighted by Crippen LogP contribution is -2.09. The number of aliphatic hydroxyl groups excluding tert-OH is 1. The van der Waals surface area contributed by atoms with Crippen LogP contribution in [0.15, 0.2) is 41.3 Å². The van der Waals surface area contributed by atoms with Crippen LogP contribution in [-0.2, 0) is 22.8 Å². The highest BCUT2D eigenvalue weighted by Gasteiger charge is 2.30. The molecule has 1 aliphatic carbocycles. The van der Waals surface area contributed by atoms with E-state index in [4.69, 9.17) is 11.6 Å². The van der Waals surface area contributed by atoms with Crippen molar-refractivity contribution in [3.05, 3.63) is 63.8 Å². The molecule has 0 saturated carbocycles. The third-order valence-corrected chi connectivity index (χ3v) is 7.08. The van der Waals surface area contributed by atoms with Crippen molar-refractivity contribution in [2.24, 2.45) is 0 Å². The molecule has 4 rings (SSSR count). The third-order valence-electron chi connectivity index (χ3n) is 5.73. The first-order valence-electron chi connectivity index (χ1n) is 9.48. The monoisotopic (exact) mass is 417 g/mol. The summed E-state index contributed by atoms with van der Waals surface area (Å²) in [6.45, 7) is 4.56. The van der Waals surface area contributed by atoms with E-state index in [2.05, 4.69) is 11.5 Å². The lowest BCUT2D eigenvalue weighted by Gasteiger charge is -2.17. The Morgan fingerprint density at radius 1 is 1.25 bits per heavy atom. The van der Waals surface area contributed by atoms with Crippen LogP contribution in [0.3, 0.4) is 0 Å². The van der Waals surface area contributed by atoms with E-state index in [1.807, 2.05) is 24.3 Å². The Morgan fingerprint density at radius 2 is 1.93 bits per heavy atom. The van der Waals surface area contributed by atoms with E-state index in [9.17, 15) is 13.5 Å². The molecule has 3 aromatic rings. The van der Waals surface area contributed by atoms with Gasteiger partial charge in [0.05, 0.1) is 16.5 Å². The zero-order valence-electron chi connectivity index (χ0n) is 16.2. The average Bonchev–Trinajstić information content (AvgIpc) is 3.14. The van der Waals surface area contributed by atoms with Crippen molar-refractivity contribution in [1.29, 1.82) is 0 Å². The predicted molar refractivity (Wildman–Crippen MR) is 113 cm³/mol. The molecule has 1 unspecified atom stereocenters. The summed E-state index contributed by atoms with van der Waals surface area (Å²) in [7, 11) is -3.37. The van der Waals surface area contributed by atoms with Gasteiger partial charge in [-0.15, -0.1) is 0 Å². The molecule has 2 aromatic carbocycles. The van der Waals surface area contributed by atoms with E-state index in [1.54, 1.807) is 19.1 Å². The Bertz CT molecular complexity index is 1160. The standard InChI is InChI=1S/C22H24ClNO3S/c1-13-4-9-18-20-11-17(28(3,26)27)10-19(14(2)25)22(20)24(21(13)18)12-15-5-7-16(23)8-6-15/h5-8,10-11,13-14,25H,4,9,12H2,1-3H3/t13-,14?/m0/s1. The minimum atomic E-state index is -3.37. The summed E-state index contributed by atoms with van der Waals surface area (Å²) in [5.41, 5.74) is 5.18. The van der Waals surface area contributed by atoms with Crippen LogP contribution in [0.1, 0.15) is 54.7 Å². The number of nitrogens with zero attached hydrogens (tertiary/aromatic N) is 1. The fraction of sp³-hybridized carbons (Fsp3) is 0.364. The van der Waals surface area contributed by atoms with Crippen molar-refractivity contribution in [2.45, 2.75) is 50.2 Å². The van der Waals surface area contributed by atoms with E-state index in [1.165, 1.54) is 17.5 Å². The lowest BCUT2D eigenvalue weighted by atomic mass is 10.0. The third kappa shape index (κ3) is 3.25. The molecule has 6 heteroatoms. The lowest BCUT2D eigenvalue weighted by molar-refractivity contribution is 0.200. The molecule has 0 radical (unpaired) electrons. The van der Waals surface area contributed by atoms with E-state index in [0.29, 0.717) is 23.0 Å². The second-order valence-corrected chi connectivity index (χ2v) is 10.3. The fourth-order valence-electron chi connectivity index (χ4n) is 4.37. The highest BCUT2D eigenvalue weighted by Crippen LogP contribution is 2.43. The normalized spacial score (nSPS) is 17.8. The molecule has 0 bridgehead atoms. The van der Waals surface area contributed by atoms with Crippen LogP contribution in [0.25, 0.3) is 10.9 Å². The zero-order valence-corrected chi connectivity index (χ0v) is 17.8. The minimum Gasteiger partial charge on any atom is -0.389 e. The summed E-state index contributed by atoms with van der Waals surface area (Å²) in [5.74, 6) is 0.387. The van der Waals surface area contributed by atoms with E-state index >= 15 is 0 Å². The van der Waals surface area contributed by atoms with Crippen LogP contribution in [0.2, 0.25) is 5.02 Å². The summed E-state index contributed by atoms with van der Waals surface area (Å²) < 4.78 is 26.8. The maximum absolute atomic E-state index is 12.2. The molecular formula is C22H24ClNO3S. The van der Waals surface area contributed by atoms with Crippen LogP contribution in [0.4, 0.5) is 0 Å². The SMILES string of the molecule is CC(O)c1cc(S(C)(=O)=O)cc2c3c(n(Cc4ccc(Cl)cc4)c12)[C@@H](C)CC3. The summed E-state index contributed by atoms with van der Waals surface area (Å²) in [6, 6.07) is 11.2. The zero-order chi connectivity index (χ0) is 20.2. The van der Waals surface area contributed by atoms with Crippen LogP contribution in [0.5, 0.6) is 0 Å². The Kier molecular flexibility index (Phi) is 4.81. The van der Waals surface area contributed by atoms with Gasteiger partial charge in [-0.2, -0.15) is 0 Å². The Balaban J connectivity index is 2.03. The molecule has 1 aromatic heterocycles. The number of aryl methyl sites for hydroxylation is 1. The maximum atomic E-state index is 12.2. The van der Waals surface area contributed by atoms with E-state index < -0.39 is 15.9 Å². The summed E-state index contributed by atoms with van der Waals surface area (Å²) in [6.07, 6.45) is 2.42. The Hall–Kier alpha value is -1.82. The quantitative estimate of drug-likeness (QED) is 0.660. The van der Waals surface area contributed by atoms with Gasteiger partial charge >= 0.3 is 0 Å². The molecule has 1 heterocycles. The molecule has 0 fully saturated rings. The van der Waals surface area contributed by atoms with E-state index in [0.717, 1.165) is 29.3 Å². The molecule has 0 spiro atoms. The summed E-state index contributed by atoms with van der Waals surface area (Å²) >= 11 is 6.04. The number of halogens is 1. The van der Waals surface area contributed by atoms with Gasteiger partial charge in [-0.05, 0) is 61.1 Å². The molecule has 0 amide bonds.